The summed E-state index contributed by atoms with van der Waals surface area (Å²) in [6.45, 7) is 14.6. The van der Waals surface area contributed by atoms with E-state index >= 15 is 0 Å². The molecule has 0 aromatic carbocycles. The SMILES string of the molecule is CC(C)N(C(=O)CN1CCN(CC(=O)N2CCCC2)CC1)C(C)C. The molecule has 0 saturated carbocycles. The average Bonchev–Trinajstić information content (AvgIpc) is 3.02. The highest BCUT2D eigenvalue weighted by Gasteiger charge is 2.26. The van der Waals surface area contributed by atoms with E-state index in [2.05, 4.69) is 37.5 Å². The van der Waals surface area contributed by atoms with E-state index in [4.69, 9.17) is 0 Å². The summed E-state index contributed by atoms with van der Waals surface area (Å²) in [6.07, 6.45) is 2.29. The van der Waals surface area contributed by atoms with Gasteiger partial charge in [0, 0.05) is 51.4 Å². The van der Waals surface area contributed by atoms with Crippen molar-refractivity contribution in [1.29, 1.82) is 0 Å². The Labute approximate surface area is 146 Å². The number of amides is 2. The van der Waals surface area contributed by atoms with Crippen molar-refractivity contribution >= 4 is 11.8 Å². The Balaban J connectivity index is 1.74. The Morgan fingerprint density at radius 3 is 1.71 bits per heavy atom. The van der Waals surface area contributed by atoms with Crippen LogP contribution in [0, 0.1) is 0 Å². The van der Waals surface area contributed by atoms with Crippen LogP contribution in [0.25, 0.3) is 0 Å². The zero-order valence-corrected chi connectivity index (χ0v) is 15.8. The Morgan fingerprint density at radius 1 is 0.792 bits per heavy atom. The van der Waals surface area contributed by atoms with Gasteiger partial charge in [-0.2, -0.15) is 0 Å². The summed E-state index contributed by atoms with van der Waals surface area (Å²) in [5.41, 5.74) is 0. The lowest BCUT2D eigenvalue weighted by atomic mass is 10.2. The molecule has 2 rings (SSSR count). The molecule has 2 fully saturated rings. The second-order valence-electron chi connectivity index (χ2n) is 7.63. The monoisotopic (exact) mass is 338 g/mol. The molecular weight excluding hydrogens is 304 g/mol. The largest absolute Gasteiger partial charge is 0.342 e. The summed E-state index contributed by atoms with van der Waals surface area (Å²) in [5.74, 6) is 0.476. The lowest BCUT2D eigenvalue weighted by Gasteiger charge is -2.37. The maximum atomic E-state index is 12.5. The molecule has 0 atom stereocenters. The predicted molar refractivity (Wildman–Crippen MR) is 95.8 cm³/mol. The van der Waals surface area contributed by atoms with Crippen molar-refractivity contribution in [2.45, 2.75) is 52.6 Å². The fraction of sp³-hybridized carbons (Fsp3) is 0.889. The molecule has 0 aliphatic carbocycles. The number of hydrogen-bond acceptors (Lipinski definition) is 4. The van der Waals surface area contributed by atoms with Crippen molar-refractivity contribution in [3.8, 4) is 0 Å². The molecule has 138 valence electrons. The van der Waals surface area contributed by atoms with E-state index in [1.807, 2.05) is 9.80 Å². The number of nitrogens with zero attached hydrogens (tertiary/aromatic N) is 4. The highest BCUT2D eigenvalue weighted by Crippen LogP contribution is 2.11. The molecule has 0 bridgehead atoms. The smallest absolute Gasteiger partial charge is 0.237 e. The molecule has 0 radical (unpaired) electrons. The van der Waals surface area contributed by atoms with Crippen molar-refractivity contribution in [2.75, 3.05) is 52.4 Å². The van der Waals surface area contributed by atoms with Crippen molar-refractivity contribution in [3.63, 3.8) is 0 Å². The minimum absolute atomic E-state index is 0.210. The zero-order valence-electron chi connectivity index (χ0n) is 15.8. The molecule has 2 aliphatic heterocycles. The first kappa shape index (κ1) is 19.2. The van der Waals surface area contributed by atoms with E-state index in [0.717, 1.165) is 52.1 Å². The number of carbonyl (C=O) groups excluding carboxylic acids is 2. The highest BCUT2D eigenvalue weighted by atomic mass is 16.2. The van der Waals surface area contributed by atoms with Crippen molar-refractivity contribution in [2.24, 2.45) is 0 Å². The van der Waals surface area contributed by atoms with Crippen LogP contribution >= 0.6 is 0 Å². The zero-order chi connectivity index (χ0) is 17.7. The van der Waals surface area contributed by atoms with Crippen LogP contribution in [0.1, 0.15) is 40.5 Å². The third-order valence-electron chi connectivity index (χ3n) is 5.04. The lowest BCUT2D eigenvalue weighted by Crippen LogP contribution is -2.53. The van der Waals surface area contributed by atoms with Gasteiger partial charge in [-0.3, -0.25) is 19.4 Å². The fourth-order valence-corrected chi connectivity index (χ4v) is 3.81. The third kappa shape index (κ3) is 5.18. The molecule has 0 N–H and O–H groups in total. The van der Waals surface area contributed by atoms with Gasteiger partial charge in [0.15, 0.2) is 0 Å². The summed E-state index contributed by atoms with van der Waals surface area (Å²) in [7, 11) is 0. The molecule has 0 unspecified atom stereocenters. The van der Waals surface area contributed by atoms with Gasteiger partial charge in [-0.15, -0.1) is 0 Å². The van der Waals surface area contributed by atoms with Crippen LogP contribution < -0.4 is 0 Å². The first-order valence-corrected chi connectivity index (χ1v) is 9.42. The van der Waals surface area contributed by atoms with Gasteiger partial charge in [-0.05, 0) is 40.5 Å². The Morgan fingerprint density at radius 2 is 1.25 bits per heavy atom. The fourth-order valence-electron chi connectivity index (χ4n) is 3.81. The maximum Gasteiger partial charge on any atom is 0.237 e. The normalized spacial score (nSPS) is 20.2. The second kappa shape index (κ2) is 8.81. The van der Waals surface area contributed by atoms with E-state index in [1.165, 1.54) is 0 Å². The van der Waals surface area contributed by atoms with Crippen LogP contribution in [0.2, 0.25) is 0 Å². The maximum absolute atomic E-state index is 12.5. The first-order chi connectivity index (χ1) is 11.4. The van der Waals surface area contributed by atoms with Gasteiger partial charge >= 0.3 is 0 Å². The van der Waals surface area contributed by atoms with Crippen LogP contribution in [-0.4, -0.2) is 95.9 Å². The Kier molecular flexibility index (Phi) is 7.04. The molecule has 0 spiro atoms. The quantitative estimate of drug-likeness (QED) is 0.721. The van der Waals surface area contributed by atoms with Crippen molar-refractivity contribution < 1.29 is 9.59 Å². The van der Waals surface area contributed by atoms with E-state index in [9.17, 15) is 9.59 Å². The van der Waals surface area contributed by atoms with E-state index in [0.29, 0.717) is 13.1 Å². The highest BCUT2D eigenvalue weighted by molar-refractivity contribution is 5.79. The van der Waals surface area contributed by atoms with Gasteiger partial charge in [0.25, 0.3) is 0 Å². The molecular formula is C18H34N4O2. The van der Waals surface area contributed by atoms with Crippen molar-refractivity contribution in [1.82, 2.24) is 19.6 Å². The number of rotatable bonds is 6. The summed E-state index contributed by atoms with van der Waals surface area (Å²) in [6, 6.07) is 0.466. The molecule has 2 aliphatic rings. The second-order valence-corrected chi connectivity index (χ2v) is 7.63. The number of likely N-dealkylation sites (tertiary alicyclic amines) is 1. The molecule has 6 heteroatoms. The summed E-state index contributed by atoms with van der Waals surface area (Å²) in [4.78, 5) is 33.2. The molecule has 2 heterocycles. The van der Waals surface area contributed by atoms with Gasteiger partial charge in [-0.1, -0.05) is 0 Å². The number of piperazine rings is 1. The van der Waals surface area contributed by atoms with Gasteiger partial charge in [0.1, 0.15) is 0 Å². The molecule has 2 amide bonds. The molecule has 24 heavy (non-hydrogen) atoms. The summed E-state index contributed by atoms with van der Waals surface area (Å²) < 4.78 is 0. The predicted octanol–water partition coefficient (Wildman–Crippen LogP) is 0.872. The van der Waals surface area contributed by atoms with E-state index in [1.54, 1.807) is 0 Å². The average molecular weight is 338 g/mol. The van der Waals surface area contributed by atoms with Crippen molar-refractivity contribution in [3.05, 3.63) is 0 Å². The third-order valence-corrected chi connectivity index (χ3v) is 5.04. The van der Waals surface area contributed by atoms with Gasteiger partial charge in [0.2, 0.25) is 11.8 Å². The molecule has 6 nitrogen and oxygen atoms in total. The van der Waals surface area contributed by atoms with Gasteiger partial charge in [-0.25, -0.2) is 0 Å². The minimum atomic E-state index is 0.210. The van der Waals surface area contributed by atoms with Crippen LogP contribution in [0.4, 0.5) is 0 Å². The summed E-state index contributed by atoms with van der Waals surface area (Å²) in [5, 5.41) is 0. The first-order valence-electron chi connectivity index (χ1n) is 9.42. The molecule has 0 aromatic heterocycles. The van der Waals surface area contributed by atoms with Crippen LogP contribution in [0.3, 0.4) is 0 Å². The van der Waals surface area contributed by atoms with Crippen LogP contribution in [-0.2, 0) is 9.59 Å². The minimum Gasteiger partial charge on any atom is -0.342 e. The van der Waals surface area contributed by atoms with E-state index in [-0.39, 0.29) is 23.9 Å². The Bertz CT molecular complexity index is 417. The topological polar surface area (TPSA) is 47.1 Å². The van der Waals surface area contributed by atoms with Crippen LogP contribution in [0.15, 0.2) is 0 Å². The molecule has 2 saturated heterocycles. The Hall–Kier alpha value is -1.14. The molecule has 0 aromatic rings. The number of carbonyl (C=O) groups is 2. The lowest BCUT2D eigenvalue weighted by molar-refractivity contribution is -0.137. The summed E-state index contributed by atoms with van der Waals surface area (Å²) >= 11 is 0. The van der Waals surface area contributed by atoms with E-state index < -0.39 is 0 Å². The van der Waals surface area contributed by atoms with Gasteiger partial charge in [0.05, 0.1) is 13.1 Å². The van der Waals surface area contributed by atoms with Gasteiger partial charge < -0.3 is 9.80 Å². The van der Waals surface area contributed by atoms with Crippen LogP contribution in [0.5, 0.6) is 0 Å². The standard InChI is InChI=1S/C18H34N4O2/c1-15(2)22(16(3)4)18(24)14-20-11-9-19(10-12-20)13-17(23)21-7-5-6-8-21/h15-16H,5-14H2,1-4H3. The number of hydrogen-bond donors (Lipinski definition) is 0.